The highest BCUT2D eigenvalue weighted by Gasteiger charge is 2.55. The molecule has 406 valence electrons. The molecule has 0 aromatic rings. The molecule has 0 radical (unpaired) electrons. The molecule has 14 bridgehead atoms. The van der Waals surface area contributed by atoms with Crippen LogP contribution >= 0.6 is 0 Å². The normalized spacial score (nSPS) is 59.7. The van der Waals surface area contributed by atoms with E-state index in [4.69, 9.17) is 66.3 Å². The predicted molar refractivity (Wildman–Crippen MR) is 256 cm³/mol. The topological polar surface area (TPSA) is 170 Å². The highest BCUT2D eigenvalue weighted by molar-refractivity contribution is 4.96. The molecule has 21 aliphatic heterocycles. The number of aliphatic hydroxyl groups excluding tert-OH is 2. The quantitative estimate of drug-likeness (QED) is 0.248. The third-order valence-corrected chi connectivity index (χ3v) is 19.2. The van der Waals surface area contributed by atoms with Crippen molar-refractivity contribution in [3.8, 4) is 0 Å². The van der Waals surface area contributed by atoms with Crippen LogP contribution in [0, 0.1) is 71.0 Å². The zero-order valence-corrected chi connectivity index (χ0v) is 45.8. The van der Waals surface area contributed by atoms with Crippen LogP contribution in [-0.2, 0) is 66.3 Å². The summed E-state index contributed by atoms with van der Waals surface area (Å²) in [5, 5.41) is 23.6. The van der Waals surface area contributed by atoms with Gasteiger partial charge in [0, 0.05) is 41.4 Å². The second-order valence-corrected chi connectivity index (χ2v) is 24.0. The van der Waals surface area contributed by atoms with Gasteiger partial charge >= 0.3 is 0 Å². The summed E-state index contributed by atoms with van der Waals surface area (Å²) in [6.45, 7) is 39.7. The second kappa shape index (κ2) is 22.1. The second-order valence-electron chi connectivity index (χ2n) is 24.0. The lowest BCUT2D eigenvalue weighted by atomic mass is 9.81. The van der Waals surface area contributed by atoms with Gasteiger partial charge in [-0.1, -0.05) is 83.1 Å². The summed E-state index contributed by atoms with van der Waals surface area (Å²) in [4.78, 5) is 0. The summed E-state index contributed by atoms with van der Waals surface area (Å²) >= 11 is 0. The van der Waals surface area contributed by atoms with Crippen LogP contribution in [0.25, 0.3) is 0 Å². The first-order chi connectivity index (χ1) is 32.9. The lowest BCUT2D eigenvalue weighted by Gasteiger charge is -2.51. The summed E-state index contributed by atoms with van der Waals surface area (Å²) in [7, 11) is 0. The molecular formula is C54H94O16. The van der Waals surface area contributed by atoms with Gasteiger partial charge in [0.05, 0.1) is 85.5 Å². The fourth-order valence-corrected chi connectivity index (χ4v) is 13.1. The van der Waals surface area contributed by atoms with Gasteiger partial charge in [0.2, 0.25) is 0 Å². The Labute approximate surface area is 419 Å². The van der Waals surface area contributed by atoms with Crippen molar-refractivity contribution in [3.63, 3.8) is 0 Å². The van der Waals surface area contributed by atoms with Crippen molar-refractivity contribution in [3.05, 3.63) is 0 Å². The lowest BCUT2D eigenvalue weighted by Crippen LogP contribution is -2.62. The van der Waals surface area contributed by atoms with E-state index >= 15 is 0 Å². The summed E-state index contributed by atoms with van der Waals surface area (Å²) in [6, 6.07) is 0. The van der Waals surface area contributed by atoms with Gasteiger partial charge in [-0.15, -0.1) is 0 Å². The fourth-order valence-electron chi connectivity index (χ4n) is 13.1. The SMILES string of the molecule is CC1OC2OC3C(C)OC(OC4C(C)OC(OC5C(C)OC(OC6C(C)OC(OC7C(C)OC(OC8C(C)OC(OC1C(C)C2C)C(C)C8C)C(C)C7C)C(C)C6O)C(O)C5C)C(C)C4C)C(C)C3C. The van der Waals surface area contributed by atoms with Crippen LogP contribution in [-0.4, -0.2) is 152 Å². The van der Waals surface area contributed by atoms with Crippen molar-refractivity contribution in [2.24, 2.45) is 71.0 Å². The molecule has 16 nitrogen and oxygen atoms in total. The Morgan fingerprint density at radius 2 is 0.357 bits per heavy atom. The maximum absolute atomic E-state index is 11.8. The van der Waals surface area contributed by atoms with Crippen molar-refractivity contribution in [1.29, 1.82) is 0 Å². The number of hydrogen-bond donors (Lipinski definition) is 2. The number of ether oxygens (including phenoxy) is 14. The Balaban J connectivity index is 1.02. The van der Waals surface area contributed by atoms with E-state index in [1.165, 1.54) is 0 Å². The van der Waals surface area contributed by atoms with E-state index in [1.807, 2.05) is 41.5 Å². The Bertz CT molecular complexity index is 1360. The fraction of sp³-hybridized carbons (Fsp3) is 1.00. The third kappa shape index (κ3) is 10.6. The standard InChI is InChI=1S/C54H94O16/c1-20-25(6)48-57-32(13)41(20)64-49-26(7)22(3)43(34(15)58-49)66-51-28(9)24(5)45(36(17)60-51)68-53-31(12)39(55)47(38(19)62-53)70-54-40(56)30(11)46(37(18)63-54)69-52-29(10)23(4)44(35(16)61-52)67-50-27(8)21(2)42(65-48)33(14)59-50/h20-56H,1-19H3. The number of aliphatic hydroxyl groups is 2. The molecule has 35 unspecified atom stereocenters. The third-order valence-electron chi connectivity index (χ3n) is 19.2. The Hall–Kier alpha value is -0.640. The average Bonchev–Trinajstić information content (AvgIpc) is 3.31. The molecule has 21 fully saturated rings. The van der Waals surface area contributed by atoms with Crippen LogP contribution in [0.3, 0.4) is 0 Å². The minimum Gasteiger partial charge on any atom is -0.390 e. The molecule has 0 aliphatic carbocycles. The first-order valence-corrected chi connectivity index (χ1v) is 27.4. The molecule has 0 aromatic heterocycles. The summed E-state index contributed by atoms with van der Waals surface area (Å²) < 4.78 is 94.1. The lowest BCUT2D eigenvalue weighted by molar-refractivity contribution is -0.372. The van der Waals surface area contributed by atoms with Crippen molar-refractivity contribution >= 4 is 0 Å². The largest absolute Gasteiger partial charge is 0.390 e. The van der Waals surface area contributed by atoms with E-state index in [0.717, 1.165) is 0 Å². The summed E-state index contributed by atoms with van der Waals surface area (Å²) in [5.74, 6) is -0.501. The first kappa shape index (κ1) is 55.6. The van der Waals surface area contributed by atoms with E-state index in [1.54, 1.807) is 0 Å². The van der Waals surface area contributed by atoms with E-state index < -0.39 is 86.6 Å². The molecule has 35 atom stereocenters. The van der Waals surface area contributed by atoms with Crippen LogP contribution in [0.2, 0.25) is 0 Å². The van der Waals surface area contributed by atoms with Gasteiger partial charge < -0.3 is 76.5 Å². The van der Waals surface area contributed by atoms with E-state index in [9.17, 15) is 10.2 Å². The van der Waals surface area contributed by atoms with Crippen LogP contribution in [0.1, 0.15) is 132 Å². The molecule has 0 amide bonds. The minimum absolute atomic E-state index is 0.0142. The van der Waals surface area contributed by atoms with Crippen molar-refractivity contribution in [1.82, 2.24) is 0 Å². The summed E-state index contributed by atoms with van der Waals surface area (Å²) in [5.41, 5.74) is 0. The highest BCUT2D eigenvalue weighted by Crippen LogP contribution is 2.46. The zero-order chi connectivity index (χ0) is 51.1. The molecular weight excluding hydrogens is 905 g/mol. The first-order valence-electron chi connectivity index (χ1n) is 27.4. The zero-order valence-electron chi connectivity index (χ0n) is 45.8. The molecule has 2 N–H and O–H groups in total. The molecule has 0 aromatic carbocycles. The van der Waals surface area contributed by atoms with Gasteiger partial charge in [-0.3, -0.25) is 0 Å². The van der Waals surface area contributed by atoms with Crippen LogP contribution in [0.5, 0.6) is 0 Å². The summed E-state index contributed by atoms with van der Waals surface area (Å²) in [6.07, 6.45) is -11.2. The van der Waals surface area contributed by atoms with Gasteiger partial charge in [0.15, 0.2) is 44.0 Å². The van der Waals surface area contributed by atoms with Gasteiger partial charge in [0.25, 0.3) is 0 Å². The molecule has 21 saturated heterocycles. The van der Waals surface area contributed by atoms with Crippen LogP contribution in [0.15, 0.2) is 0 Å². The van der Waals surface area contributed by atoms with E-state index in [2.05, 4.69) is 90.0 Å². The van der Waals surface area contributed by atoms with Crippen LogP contribution in [0.4, 0.5) is 0 Å². The maximum atomic E-state index is 11.8. The molecule has 0 saturated carbocycles. The highest BCUT2D eigenvalue weighted by atomic mass is 16.8. The smallest absolute Gasteiger partial charge is 0.184 e. The van der Waals surface area contributed by atoms with Crippen LogP contribution < -0.4 is 0 Å². The van der Waals surface area contributed by atoms with Crippen molar-refractivity contribution < 1.29 is 76.5 Å². The molecule has 21 aliphatic rings. The molecule has 21 heterocycles. The molecule has 16 heteroatoms. The van der Waals surface area contributed by atoms with E-state index in [0.29, 0.717) is 0 Å². The van der Waals surface area contributed by atoms with Crippen molar-refractivity contribution in [2.45, 2.75) is 273 Å². The maximum Gasteiger partial charge on any atom is 0.184 e. The minimum atomic E-state index is -1.05. The van der Waals surface area contributed by atoms with Gasteiger partial charge in [-0.25, -0.2) is 0 Å². The molecule has 0 spiro atoms. The Morgan fingerprint density at radius 3 is 0.614 bits per heavy atom. The van der Waals surface area contributed by atoms with Gasteiger partial charge in [0.1, 0.15) is 12.2 Å². The molecule has 21 rings (SSSR count). The number of rotatable bonds is 0. The predicted octanol–water partition coefficient (Wildman–Crippen LogP) is 7.27. The van der Waals surface area contributed by atoms with Gasteiger partial charge in [-0.05, 0) is 78.1 Å². The van der Waals surface area contributed by atoms with Crippen molar-refractivity contribution in [2.75, 3.05) is 0 Å². The number of hydrogen-bond acceptors (Lipinski definition) is 16. The Morgan fingerprint density at radius 1 is 0.171 bits per heavy atom. The monoisotopic (exact) mass is 999 g/mol. The Kier molecular flexibility index (Phi) is 17.6. The van der Waals surface area contributed by atoms with E-state index in [-0.39, 0.29) is 126 Å². The molecule has 70 heavy (non-hydrogen) atoms. The average molecular weight is 999 g/mol. The van der Waals surface area contributed by atoms with Gasteiger partial charge in [-0.2, -0.15) is 0 Å².